The average molecular weight is 352 g/mol. The molecule has 0 saturated carbocycles. The number of tetrazole rings is 1. The summed E-state index contributed by atoms with van der Waals surface area (Å²) in [5.74, 6) is 1.86. The highest BCUT2D eigenvalue weighted by Gasteiger charge is 2.28. The van der Waals surface area contributed by atoms with Crippen LogP contribution in [0.2, 0.25) is 0 Å². The molecule has 0 bridgehead atoms. The molecule has 0 saturated heterocycles. The number of benzene rings is 1. The van der Waals surface area contributed by atoms with Crippen molar-refractivity contribution in [1.29, 1.82) is 0 Å². The highest BCUT2D eigenvalue weighted by molar-refractivity contribution is 5.76. The Morgan fingerprint density at radius 3 is 2.85 bits per heavy atom. The number of fused-ring (bicyclic) bond motifs is 1. The van der Waals surface area contributed by atoms with Gasteiger partial charge in [-0.25, -0.2) is 4.68 Å². The van der Waals surface area contributed by atoms with Gasteiger partial charge >= 0.3 is 0 Å². The van der Waals surface area contributed by atoms with Crippen LogP contribution in [0.15, 0.2) is 36.7 Å². The molecular formula is C17H20N8O. The molecule has 26 heavy (non-hydrogen) atoms. The predicted octanol–water partition coefficient (Wildman–Crippen LogP) is 0.849. The minimum absolute atomic E-state index is 0.0752. The molecule has 1 aliphatic heterocycles. The molecule has 4 rings (SSSR count). The summed E-state index contributed by atoms with van der Waals surface area (Å²) in [5, 5.41) is 19.6. The quantitative estimate of drug-likeness (QED) is 0.676. The Bertz CT molecular complexity index is 874. The molecule has 0 unspecified atom stereocenters. The van der Waals surface area contributed by atoms with E-state index in [4.69, 9.17) is 0 Å². The van der Waals surface area contributed by atoms with Gasteiger partial charge in [-0.05, 0) is 22.9 Å². The first-order chi connectivity index (χ1) is 12.7. The maximum Gasteiger partial charge on any atom is 0.224 e. The molecule has 1 amide bonds. The highest BCUT2D eigenvalue weighted by Crippen LogP contribution is 2.23. The fourth-order valence-electron chi connectivity index (χ4n) is 3.35. The normalized spacial score (nSPS) is 16.5. The molecular weight excluding hydrogens is 332 g/mol. The van der Waals surface area contributed by atoms with Crippen LogP contribution in [-0.2, 0) is 24.3 Å². The molecule has 134 valence electrons. The standard InChI is InChI=1S/C17H20N8O/c1-13-10-23(17(26)7-8-24-12-18-21-22-24)11-16-20-19-15(25(13)16)9-14-5-3-2-4-6-14/h2-6,12-13H,7-11H2,1H3/t13-/m0/s1. The zero-order chi connectivity index (χ0) is 17.9. The van der Waals surface area contributed by atoms with Crippen molar-refractivity contribution in [3.8, 4) is 0 Å². The van der Waals surface area contributed by atoms with E-state index in [0.717, 1.165) is 18.1 Å². The van der Waals surface area contributed by atoms with Gasteiger partial charge in [0.1, 0.15) is 12.2 Å². The maximum absolute atomic E-state index is 12.5. The number of aromatic nitrogens is 7. The van der Waals surface area contributed by atoms with E-state index < -0.39 is 0 Å². The summed E-state index contributed by atoms with van der Waals surface area (Å²) < 4.78 is 3.73. The molecule has 3 aromatic rings. The molecule has 0 N–H and O–H groups in total. The van der Waals surface area contributed by atoms with E-state index in [1.165, 1.54) is 11.9 Å². The molecule has 3 heterocycles. The Morgan fingerprint density at radius 2 is 2.08 bits per heavy atom. The first kappa shape index (κ1) is 16.4. The monoisotopic (exact) mass is 352 g/mol. The average Bonchev–Trinajstić information content (AvgIpc) is 3.31. The van der Waals surface area contributed by atoms with E-state index in [2.05, 4.69) is 49.3 Å². The van der Waals surface area contributed by atoms with Gasteiger partial charge in [-0.2, -0.15) is 0 Å². The molecule has 0 spiro atoms. The van der Waals surface area contributed by atoms with Crippen LogP contribution in [0, 0.1) is 0 Å². The van der Waals surface area contributed by atoms with Gasteiger partial charge in [0.05, 0.1) is 19.1 Å². The van der Waals surface area contributed by atoms with Gasteiger partial charge in [0.2, 0.25) is 5.91 Å². The third-order valence-electron chi connectivity index (χ3n) is 4.60. The van der Waals surface area contributed by atoms with E-state index in [9.17, 15) is 4.79 Å². The number of carbonyl (C=O) groups is 1. The lowest BCUT2D eigenvalue weighted by molar-refractivity contribution is -0.133. The van der Waals surface area contributed by atoms with Crippen molar-refractivity contribution >= 4 is 5.91 Å². The van der Waals surface area contributed by atoms with Crippen molar-refractivity contribution in [2.24, 2.45) is 0 Å². The first-order valence-corrected chi connectivity index (χ1v) is 8.66. The maximum atomic E-state index is 12.5. The lowest BCUT2D eigenvalue weighted by Crippen LogP contribution is -2.41. The van der Waals surface area contributed by atoms with E-state index in [1.54, 1.807) is 4.68 Å². The summed E-state index contributed by atoms with van der Waals surface area (Å²) in [6, 6.07) is 10.4. The zero-order valence-electron chi connectivity index (χ0n) is 14.6. The van der Waals surface area contributed by atoms with Crippen LogP contribution in [0.1, 0.15) is 36.6 Å². The molecule has 1 aromatic carbocycles. The molecule has 1 aliphatic rings. The minimum atomic E-state index is 0.0752. The number of hydrogen-bond acceptors (Lipinski definition) is 6. The van der Waals surface area contributed by atoms with Crippen molar-refractivity contribution in [3.05, 3.63) is 53.9 Å². The van der Waals surface area contributed by atoms with Crippen molar-refractivity contribution in [1.82, 2.24) is 39.9 Å². The molecule has 0 aliphatic carbocycles. The van der Waals surface area contributed by atoms with Gasteiger partial charge in [0, 0.05) is 19.4 Å². The summed E-state index contributed by atoms with van der Waals surface area (Å²) in [5.41, 5.74) is 1.20. The first-order valence-electron chi connectivity index (χ1n) is 8.66. The molecule has 0 fully saturated rings. The van der Waals surface area contributed by atoms with Gasteiger partial charge in [0.25, 0.3) is 0 Å². The Hall–Kier alpha value is -3.10. The number of amides is 1. The van der Waals surface area contributed by atoms with Crippen LogP contribution in [0.3, 0.4) is 0 Å². The summed E-state index contributed by atoms with van der Waals surface area (Å²) in [6.07, 6.45) is 2.62. The molecule has 9 heteroatoms. The van der Waals surface area contributed by atoms with Crippen molar-refractivity contribution in [2.45, 2.75) is 38.9 Å². The van der Waals surface area contributed by atoms with E-state index in [-0.39, 0.29) is 11.9 Å². The van der Waals surface area contributed by atoms with Gasteiger partial charge in [-0.1, -0.05) is 30.3 Å². The van der Waals surface area contributed by atoms with Crippen LogP contribution < -0.4 is 0 Å². The van der Waals surface area contributed by atoms with Gasteiger partial charge < -0.3 is 9.47 Å². The summed E-state index contributed by atoms with van der Waals surface area (Å²) >= 11 is 0. The Balaban J connectivity index is 1.44. The second-order valence-electron chi connectivity index (χ2n) is 6.51. The van der Waals surface area contributed by atoms with E-state index >= 15 is 0 Å². The number of aryl methyl sites for hydroxylation is 1. The second-order valence-corrected chi connectivity index (χ2v) is 6.51. The fraction of sp³-hybridized carbons (Fsp3) is 0.412. The number of rotatable bonds is 5. The second kappa shape index (κ2) is 7.03. The van der Waals surface area contributed by atoms with Crippen LogP contribution in [0.4, 0.5) is 0 Å². The summed E-state index contributed by atoms with van der Waals surface area (Å²) in [6.45, 7) is 3.71. The number of nitrogens with zero attached hydrogens (tertiary/aromatic N) is 8. The van der Waals surface area contributed by atoms with Crippen LogP contribution in [-0.4, -0.2) is 52.3 Å². The lowest BCUT2D eigenvalue weighted by atomic mass is 10.1. The number of carbonyl (C=O) groups excluding carboxylic acids is 1. The lowest BCUT2D eigenvalue weighted by Gasteiger charge is -2.32. The SMILES string of the molecule is C[C@H]1CN(C(=O)CCn2cnnn2)Cc2nnc(Cc3ccccc3)n21. The largest absolute Gasteiger partial charge is 0.333 e. The van der Waals surface area contributed by atoms with Crippen LogP contribution >= 0.6 is 0 Å². The Labute approximate surface area is 150 Å². The van der Waals surface area contributed by atoms with Gasteiger partial charge in [-0.3, -0.25) is 4.79 Å². The molecule has 0 radical (unpaired) electrons. The molecule has 9 nitrogen and oxygen atoms in total. The molecule has 1 atom stereocenters. The highest BCUT2D eigenvalue weighted by atomic mass is 16.2. The molecule has 2 aromatic heterocycles. The van der Waals surface area contributed by atoms with Crippen LogP contribution in [0.25, 0.3) is 0 Å². The Morgan fingerprint density at radius 1 is 1.23 bits per heavy atom. The van der Waals surface area contributed by atoms with Crippen LogP contribution in [0.5, 0.6) is 0 Å². The van der Waals surface area contributed by atoms with E-state index in [1.807, 2.05) is 23.1 Å². The summed E-state index contributed by atoms with van der Waals surface area (Å²) in [7, 11) is 0. The zero-order valence-corrected chi connectivity index (χ0v) is 14.6. The minimum Gasteiger partial charge on any atom is -0.333 e. The van der Waals surface area contributed by atoms with Crippen molar-refractivity contribution in [2.75, 3.05) is 6.54 Å². The summed E-state index contributed by atoms with van der Waals surface area (Å²) in [4.78, 5) is 14.4. The third-order valence-corrected chi connectivity index (χ3v) is 4.60. The smallest absolute Gasteiger partial charge is 0.224 e. The van der Waals surface area contributed by atoms with Gasteiger partial charge in [-0.15, -0.1) is 15.3 Å². The number of hydrogen-bond donors (Lipinski definition) is 0. The topological polar surface area (TPSA) is 94.6 Å². The van der Waals surface area contributed by atoms with Gasteiger partial charge in [0.15, 0.2) is 5.82 Å². The van der Waals surface area contributed by atoms with E-state index in [0.29, 0.717) is 26.1 Å². The fourth-order valence-corrected chi connectivity index (χ4v) is 3.35. The predicted molar refractivity (Wildman–Crippen MR) is 91.8 cm³/mol. The Kier molecular flexibility index (Phi) is 4.42. The van der Waals surface area contributed by atoms with Crippen molar-refractivity contribution < 1.29 is 4.79 Å². The third kappa shape index (κ3) is 3.32. The van der Waals surface area contributed by atoms with Crippen molar-refractivity contribution in [3.63, 3.8) is 0 Å².